The SMILES string of the molecule is CC(O)c1ccc(C#N)cc1N1CCc2sccc2C1. The molecule has 1 unspecified atom stereocenters. The van der Waals surface area contributed by atoms with Crippen LogP contribution in [0.15, 0.2) is 29.6 Å². The Hall–Kier alpha value is -1.83. The van der Waals surface area contributed by atoms with Crippen molar-refractivity contribution >= 4 is 17.0 Å². The molecule has 1 N–H and O–H groups in total. The molecular formula is C16H16N2OS. The van der Waals surface area contributed by atoms with Crippen LogP contribution in [0.4, 0.5) is 5.69 Å². The summed E-state index contributed by atoms with van der Waals surface area (Å²) < 4.78 is 0. The average molecular weight is 284 g/mol. The van der Waals surface area contributed by atoms with Gasteiger partial charge in [0, 0.05) is 29.2 Å². The van der Waals surface area contributed by atoms with Crippen LogP contribution in [0.3, 0.4) is 0 Å². The van der Waals surface area contributed by atoms with Crippen LogP contribution in [0.25, 0.3) is 0 Å². The number of anilines is 1. The zero-order valence-corrected chi connectivity index (χ0v) is 12.2. The maximum absolute atomic E-state index is 9.95. The van der Waals surface area contributed by atoms with E-state index in [0.29, 0.717) is 5.56 Å². The molecule has 0 fully saturated rings. The van der Waals surface area contributed by atoms with E-state index < -0.39 is 6.10 Å². The molecule has 20 heavy (non-hydrogen) atoms. The van der Waals surface area contributed by atoms with Gasteiger partial charge in [-0.3, -0.25) is 0 Å². The number of nitriles is 1. The van der Waals surface area contributed by atoms with E-state index >= 15 is 0 Å². The first-order valence-corrected chi connectivity index (χ1v) is 7.59. The highest BCUT2D eigenvalue weighted by molar-refractivity contribution is 7.10. The second-order valence-electron chi connectivity index (χ2n) is 5.10. The minimum Gasteiger partial charge on any atom is -0.389 e. The van der Waals surface area contributed by atoms with Gasteiger partial charge in [0.25, 0.3) is 0 Å². The number of hydrogen-bond donors (Lipinski definition) is 1. The van der Waals surface area contributed by atoms with Crippen molar-refractivity contribution in [2.45, 2.75) is 26.0 Å². The summed E-state index contributed by atoms with van der Waals surface area (Å²) in [6.07, 6.45) is 0.505. The highest BCUT2D eigenvalue weighted by Crippen LogP contribution is 2.33. The Balaban J connectivity index is 1.99. The van der Waals surface area contributed by atoms with Gasteiger partial charge < -0.3 is 10.0 Å². The maximum Gasteiger partial charge on any atom is 0.0992 e. The summed E-state index contributed by atoms with van der Waals surface area (Å²) in [7, 11) is 0. The van der Waals surface area contributed by atoms with Gasteiger partial charge in [-0.1, -0.05) is 6.07 Å². The van der Waals surface area contributed by atoms with Gasteiger partial charge in [-0.2, -0.15) is 5.26 Å². The summed E-state index contributed by atoms with van der Waals surface area (Å²) in [5.41, 5.74) is 3.87. The molecule has 4 heteroatoms. The number of aliphatic hydroxyl groups is 1. The van der Waals surface area contributed by atoms with E-state index in [-0.39, 0.29) is 0 Å². The number of rotatable bonds is 2. The summed E-state index contributed by atoms with van der Waals surface area (Å²) in [6, 6.07) is 9.87. The lowest BCUT2D eigenvalue weighted by molar-refractivity contribution is 0.199. The molecule has 1 atom stereocenters. The third-order valence-corrected chi connectivity index (χ3v) is 4.78. The van der Waals surface area contributed by atoms with E-state index in [0.717, 1.165) is 30.8 Å². The maximum atomic E-state index is 9.95. The fourth-order valence-corrected chi connectivity index (χ4v) is 3.58. The lowest BCUT2D eigenvalue weighted by Gasteiger charge is -2.31. The van der Waals surface area contributed by atoms with Crippen molar-refractivity contribution in [2.24, 2.45) is 0 Å². The molecule has 3 rings (SSSR count). The van der Waals surface area contributed by atoms with Crippen LogP contribution in [0.2, 0.25) is 0 Å². The molecule has 0 amide bonds. The fraction of sp³-hybridized carbons (Fsp3) is 0.312. The molecule has 0 saturated carbocycles. The van der Waals surface area contributed by atoms with Gasteiger partial charge in [-0.25, -0.2) is 0 Å². The molecule has 0 saturated heterocycles. The number of thiophene rings is 1. The van der Waals surface area contributed by atoms with Crippen LogP contribution in [0.1, 0.15) is 34.6 Å². The summed E-state index contributed by atoms with van der Waals surface area (Å²) in [5.74, 6) is 0. The molecule has 2 aromatic rings. The summed E-state index contributed by atoms with van der Waals surface area (Å²) in [4.78, 5) is 3.72. The first-order chi connectivity index (χ1) is 9.69. The molecular weight excluding hydrogens is 268 g/mol. The Morgan fingerprint density at radius 2 is 2.25 bits per heavy atom. The van der Waals surface area contributed by atoms with E-state index in [4.69, 9.17) is 5.26 Å². The largest absolute Gasteiger partial charge is 0.389 e. The number of hydrogen-bond acceptors (Lipinski definition) is 4. The quantitative estimate of drug-likeness (QED) is 0.921. The molecule has 102 valence electrons. The normalized spacial score (nSPS) is 15.6. The molecule has 0 radical (unpaired) electrons. The van der Waals surface area contributed by atoms with Gasteiger partial charge in [0.05, 0.1) is 17.7 Å². The van der Waals surface area contributed by atoms with Crippen molar-refractivity contribution in [1.29, 1.82) is 5.26 Å². The van der Waals surface area contributed by atoms with Crippen LogP contribution < -0.4 is 4.90 Å². The predicted molar refractivity (Wildman–Crippen MR) is 80.9 cm³/mol. The molecule has 3 nitrogen and oxygen atoms in total. The van der Waals surface area contributed by atoms with E-state index in [1.165, 1.54) is 10.4 Å². The summed E-state index contributed by atoms with van der Waals surface area (Å²) in [6.45, 7) is 3.56. The van der Waals surface area contributed by atoms with Gasteiger partial charge in [-0.15, -0.1) is 11.3 Å². The number of aliphatic hydroxyl groups excluding tert-OH is 1. The molecule has 1 aromatic carbocycles. The highest BCUT2D eigenvalue weighted by atomic mass is 32.1. The van der Waals surface area contributed by atoms with Crippen molar-refractivity contribution in [3.8, 4) is 6.07 Å². The Labute approximate surface area is 122 Å². The van der Waals surface area contributed by atoms with Crippen LogP contribution in [-0.2, 0) is 13.0 Å². The number of fused-ring (bicyclic) bond motifs is 1. The first kappa shape index (κ1) is 13.2. The third kappa shape index (κ3) is 2.31. The van der Waals surface area contributed by atoms with Gasteiger partial charge >= 0.3 is 0 Å². The van der Waals surface area contributed by atoms with E-state index in [1.807, 2.05) is 23.5 Å². The lowest BCUT2D eigenvalue weighted by Crippen LogP contribution is -2.30. The van der Waals surface area contributed by atoms with Crippen LogP contribution in [0.5, 0.6) is 0 Å². The van der Waals surface area contributed by atoms with E-state index in [1.54, 1.807) is 13.0 Å². The van der Waals surface area contributed by atoms with Gasteiger partial charge in [0.1, 0.15) is 0 Å². The predicted octanol–water partition coefficient (Wildman–Crippen LogP) is 3.24. The number of benzene rings is 1. The van der Waals surface area contributed by atoms with E-state index in [2.05, 4.69) is 22.4 Å². The van der Waals surface area contributed by atoms with Crippen molar-refractivity contribution in [3.05, 3.63) is 51.2 Å². The molecule has 0 aliphatic carbocycles. The average Bonchev–Trinajstić information content (AvgIpc) is 2.93. The molecule has 1 aliphatic rings. The van der Waals surface area contributed by atoms with Crippen molar-refractivity contribution in [2.75, 3.05) is 11.4 Å². The second-order valence-corrected chi connectivity index (χ2v) is 6.10. The first-order valence-electron chi connectivity index (χ1n) is 6.71. The molecule has 0 spiro atoms. The van der Waals surface area contributed by atoms with Crippen LogP contribution in [0, 0.1) is 11.3 Å². The summed E-state index contributed by atoms with van der Waals surface area (Å²) in [5, 5.41) is 21.2. The summed E-state index contributed by atoms with van der Waals surface area (Å²) >= 11 is 1.81. The smallest absolute Gasteiger partial charge is 0.0992 e. The van der Waals surface area contributed by atoms with Crippen molar-refractivity contribution in [1.82, 2.24) is 0 Å². The zero-order valence-electron chi connectivity index (χ0n) is 11.3. The Morgan fingerprint density at radius 1 is 1.40 bits per heavy atom. The lowest BCUT2D eigenvalue weighted by atomic mass is 10.0. The standard InChI is InChI=1S/C16H16N2OS/c1-11(19)14-3-2-12(9-17)8-15(14)18-6-4-16-13(10-18)5-7-20-16/h2-3,5,7-8,11,19H,4,6,10H2,1H3. The molecule has 0 bridgehead atoms. The fourth-order valence-electron chi connectivity index (χ4n) is 2.69. The van der Waals surface area contributed by atoms with Gasteiger partial charge in [-0.05, 0) is 42.5 Å². The third-order valence-electron chi connectivity index (χ3n) is 3.76. The Bertz CT molecular complexity index is 669. The monoisotopic (exact) mass is 284 g/mol. The molecule has 1 aromatic heterocycles. The van der Waals surface area contributed by atoms with E-state index in [9.17, 15) is 5.11 Å². The Kier molecular flexibility index (Phi) is 3.47. The van der Waals surface area contributed by atoms with Crippen LogP contribution in [-0.4, -0.2) is 11.7 Å². The topological polar surface area (TPSA) is 47.3 Å². The van der Waals surface area contributed by atoms with Crippen molar-refractivity contribution < 1.29 is 5.11 Å². The van der Waals surface area contributed by atoms with Gasteiger partial charge in [0.15, 0.2) is 0 Å². The molecule has 1 aliphatic heterocycles. The highest BCUT2D eigenvalue weighted by Gasteiger charge is 2.21. The van der Waals surface area contributed by atoms with Crippen LogP contribution >= 0.6 is 11.3 Å². The van der Waals surface area contributed by atoms with Gasteiger partial charge in [0.2, 0.25) is 0 Å². The van der Waals surface area contributed by atoms with Crippen molar-refractivity contribution in [3.63, 3.8) is 0 Å². The Morgan fingerprint density at radius 3 is 3.00 bits per heavy atom. The molecule has 2 heterocycles. The minimum absolute atomic E-state index is 0.526. The minimum atomic E-state index is -0.526. The second kappa shape index (κ2) is 5.28. The zero-order chi connectivity index (χ0) is 14.1. The number of nitrogens with zero attached hydrogens (tertiary/aromatic N) is 2.